The van der Waals surface area contributed by atoms with E-state index >= 15 is 0 Å². The normalized spacial score (nSPS) is 11.9. The molecule has 0 aromatic rings. The van der Waals surface area contributed by atoms with Gasteiger partial charge in [-0.1, -0.05) is 26.7 Å². The van der Waals surface area contributed by atoms with Crippen LogP contribution in [0, 0.1) is 0 Å². The Kier molecular flexibility index (Phi) is 18.9. The first-order valence-corrected chi connectivity index (χ1v) is 12.6. The van der Waals surface area contributed by atoms with E-state index in [2.05, 4.69) is 21.3 Å². The summed E-state index contributed by atoms with van der Waals surface area (Å²) in [5, 5.41) is 9.24. The molecule has 0 saturated heterocycles. The molecule has 0 rings (SSSR count). The summed E-state index contributed by atoms with van der Waals surface area (Å²) in [6.45, 7) is 8.42. The van der Waals surface area contributed by atoms with Crippen molar-refractivity contribution in [2.75, 3.05) is 53.9 Å². The number of hydrogen-bond donors (Lipinski definition) is 4. The summed E-state index contributed by atoms with van der Waals surface area (Å²) in [4.78, 5) is 61.6. The van der Waals surface area contributed by atoms with E-state index in [-0.39, 0.29) is 26.6 Å². The lowest BCUT2D eigenvalue weighted by Crippen LogP contribution is -2.53. The number of amides is 8. The van der Waals surface area contributed by atoms with Crippen LogP contribution in [0.2, 0.25) is 0 Å². The van der Waals surface area contributed by atoms with Gasteiger partial charge in [0.25, 0.3) is 0 Å². The van der Waals surface area contributed by atoms with Gasteiger partial charge in [0.2, 0.25) is 0 Å². The molecule has 15 heteroatoms. The summed E-state index contributed by atoms with van der Waals surface area (Å²) < 4.78 is 20.9. The number of urea groups is 3. The molecule has 8 amide bonds. The summed E-state index contributed by atoms with van der Waals surface area (Å²) >= 11 is 0. The zero-order valence-corrected chi connectivity index (χ0v) is 23.3. The molecule has 0 fully saturated rings. The van der Waals surface area contributed by atoms with Gasteiger partial charge in [0.1, 0.15) is 12.2 Å². The lowest BCUT2D eigenvalue weighted by Gasteiger charge is -2.23. The molecule has 38 heavy (non-hydrogen) atoms. The Labute approximate surface area is 224 Å². The third-order valence-corrected chi connectivity index (χ3v) is 4.73. The molecule has 0 radical (unpaired) electrons. The smallest absolute Gasteiger partial charge is 0.408 e. The average Bonchev–Trinajstić information content (AvgIpc) is 2.87. The van der Waals surface area contributed by atoms with E-state index in [1.165, 1.54) is 0 Å². The van der Waals surface area contributed by atoms with Crippen LogP contribution in [0.1, 0.15) is 53.4 Å². The van der Waals surface area contributed by atoms with Crippen molar-refractivity contribution in [1.29, 1.82) is 0 Å². The molecule has 15 nitrogen and oxygen atoms in total. The molecule has 2 atom stereocenters. The molecular formula is C23H44N6O9. The zero-order chi connectivity index (χ0) is 28.9. The molecule has 4 N–H and O–H groups in total. The highest BCUT2D eigenvalue weighted by Crippen LogP contribution is 1.98. The van der Waals surface area contributed by atoms with Gasteiger partial charge in [-0.2, -0.15) is 0 Å². The summed E-state index contributed by atoms with van der Waals surface area (Å²) in [5.41, 5.74) is 0. The number of nitrogens with zero attached hydrogens (tertiary/aromatic N) is 2. The van der Waals surface area contributed by atoms with Crippen molar-refractivity contribution in [2.24, 2.45) is 0 Å². The van der Waals surface area contributed by atoms with Crippen LogP contribution in [0.3, 0.4) is 0 Å². The van der Waals surface area contributed by atoms with Crippen LogP contribution < -0.4 is 21.3 Å². The molecule has 220 valence electrons. The van der Waals surface area contributed by atoms with Crippen molar-refractivity contribution in [3.05, 3.63) is 0 Å². The Balaban J connectivity index is 4.24. The summed E-state index contributed by atoms with van der Waals surface area (Å²) in [7, 11) is 2.30. The highest BCUT2D eigenvalue weighted by atomic mass is 16.6. The van der Waals surface area contributed by atoms with E-state index in [4.69, 9.17) is 18.9 Å². The maximum Gasteiger partial charge on any atom is 0.408 e. The number of alkyl carbamates (subject to hydrolysis) is 2. The number of unbranched alkanes of at least 4 members (excludes halogenated alkanes) is 2. The lowest BCUT2D eigenvalue weighted by atomic mass is 10.3. The van der Waals surface area contributed by atoms with Gasteiger partial charge in [-0.15, -0.1) is 0 Å². The second-order valence-corrected chi connectivity index (χ2v) is 8.36. The van der Waals surface area contributed by atoms with Gasteiger partial charge in [-0.3, -0.25) is 0 Å². The molecule has 0 aliphatic heterocycles. The number of ether oxygens (including phenoxy) is 4. The molecular weight excluding hydrogens is 504 g/mol. The predicted molar refractivity (Wildman–Crippen MR) is 137 cm³/mol. The SMILES string of the molecule is CCCCOCC(C)OC(=O)NCNC(=O)N(C)C(=O)N(C)C(=O)NCNC(=O)OC(C)COCCCC. The number of imide groups is 2. The van der Waals surface area contributed by atoms with Crippen LogP contribution in [0.15, 0.2) is 0 Å². The van der Waals surface area contributed by atoms with Gasteiger partial charge in [0, 0.05) is 27.3 Å². The molecule has 0 aliphatic rings. The Morgan fingerprint density at radius 2 is 1.03 bits per heavy atom. The molecule has 0 saturated carbocycles. The number of carbonyl (C=O) groups is 5. The number of carbonyl (C=O) groups excluding carboxylic acids is 5. The van der Waals surface area contributed by atoms with Crippen molar-refractivity contribution in [3.8, 4) is 0 Å². The van der Waals surface area contributed by atoms with E-state index < -0.39 is 42.5 Å². The zero-order valence-electron chi connectivity index (χ0n) is 23.3. The highest BCUT2D eigenvalue weighted by Gasteiger charge is 2.25. The van der Waals surface area contributed by atoms with E-state index in [1.54, 1.807) is 13.8 Å². The van der Waals surface area contributed by atoms with Crippen LogP contribution in [-0.4, -0.2) is 106 Å². The minimum atomic E-state index is -0.958. The van der Waals surface area contributed by atoms with E-state index in [1.807, 2.05) is 13.8 Å². The first kappa shape index (κ1) is 34.7. The third-order valence-electron chi connectivity index (χ3n) is 4.73. The number of rotatable bonds is 16. The predicted octanol–water partition coefficient (Wildman–Crippen LogP) is 2.17. The lowest BCUT2D eigenvalue weighted by molar-refractivity contribution is 0.0274. The maximum atomic E-state index is 12.4. The molecule has 0 aliphatic carbocycles. The third kappa shape index (κ3) is 16.4. The first-order chi connectivity index (χ1) is 18.0. The number of hydrogen-bond acceptors (Lipinski definition) is 9. The largest absolute Gasteiger partial charge is 0.444 e. The van der Waals surface area contributed by atoms with Crippen molar-refractivity contribution >= 4 is 30.3 Å². The molecule has 0 bridgehead atoms. The van der Waals surface area contributed by atoms with E-state index in [0.717, 1.165) is 39.8 Å². The fourth-order valence-corrected chi connectivity index (χ4v) is 2.53. The van der Waals surface area contributed by atoms with Crippen LogP contribution >= 0.6 is 0 Å². The van der Waals surface area contributed by atoms with Crippen molar-refractivity contribution in [2.45, 2.75) is 65.6 Å². The monoisotopic (exact) mass is 548 g/mol. The van der Waals surface area contributed by atoms with Crippen LogP contribution in [0.4, 0.5) is 24.0 Å². The topological polar surface area (TPSA) is 177 Å². The van der Waals surface area contributed by atoms with Crippen molar-refractivity contribution in [3.63, 3.8) is 0 Å². The van der Waals surface area contributed by atoms with Gasteiger partial charge < -0.3 is 40.2 Å². The average molecular weight is 549 g/mol. The second-order valence-electron chi connectivity index (χ2n) is 8.36. The van der Waals surface area contributed by atoms with Gasteiger partial charge in [-0.05, 0) is 26.7 Å². The fraction of sp³-hybridized carbons (Fsp3) is 0.783. The Morgan fingerprint density at radius 1 is 0.658 bits per heavy atom. The minimum Gasteiger partial charge on any atom is -0.444 e. The molecule has 0 heterocycles. The van der Waals surface area contributed by atoms with Crippen molar-refractivity contribution in [1.82, 2.24) is 31.1 Å². The molecule has 2 unspecified atom stereocenters. The number of nitrogens with one attached hydrogen (secondary N) is 4. The Hall–Kier alpha value is -3.33. The quantitative estimate of drug-likeness (QED) is 0.166. The van der Waals surface area contributed by atoms with Gasteiger partial charge in [-0.25, -0.2) is 33.8 Å². The van der Waals surface area contributed by atoms with E-state index in [9.17, 15) is 24.0 Å². The molecule has 0 aromatic carbocycles. The van der Waals surface area contributed by atoms with Crippen LogP contribution in [0.25, 0.3) is 0 Å². The van der Waals surface area contributed by atoms with Gasteiger partial charge in [0.15, 0.2) is 0 Å². The standard InChI is InChI=1S/C23H44N6O9/c1-7-9-11-35-13-17(3)37-21(32)26-15-24-19(30)28(5)23(34)29(6)20(31)25-16-27-22(33)38-18(4)14-36-12-10-8-2/h17-18H,7-16H2,1-6H3,(H,24,30)(H,25,31)(H,26,32)(H,27,33). The van der Waals surface area contributed by atoms with Crippen molar-refractivity contribution < 1.29 is 42.9 Å². The summed E-state index contributed by atoms with van der Waals surface area (Å²) in [6, 6.07) is -2.70. The molecule has 0 aromatic heterocycles. The van der Waals surface area contributed by atoms with Gasteiger partial charge in [0.05, 0.1) is 26.6 Å². The highest BCUT2D eigenvalue weighted by molar-refractivity contribution is 6.00. The van der Waals surface area contributed by atoms with Crippen LogP contribution in [0.5, 0.6) is 0 Å². The summed E-state index contributed by atoms with van der Waals surface area (Å²) in [5.74, 6) is 0. The first-order valence-electron chi connectivity index (χ1n) is 12.6. The molecule has 0 spiro atoms. The minimum absolute atomic E-state index is 0.245. The Morgan fingerprint density at radius 3 is 1.37 bits per heavy atom. The summed E-state index contributed by atoms with van der Waals surface area (Å²) in [6.07, 6.45) is 1.30. The maximum absolute atomic E-state index is 12.4. The second kappa shape index (κ2) is 20.7. The van der Waals surface area contributed by atoms with Crippen LogP contribution in [-0.2, 0) is 18.9 Å². The fourth-order valence-electron chi connectivity index (χ4n) is 2.53. The van der Waals surface area contributed by atoms with E-state index in [0.29, 0.717) is 23.0 Å². The Bertz CT molecular complexity index is 682. The van der Waals surface area contributed by atoms with Gasteiger partial charge >= 0.3 is 30.3 Å².